The number of sulfonamides is 1. The van der Waals surface area contributed by atoms with Crippen LogP contribution in [0.2, 0.25) is 0 Å². The Kier molecular flexibility index (Phi) is 6.17. The van der Waals surface area contributed by atoms with Crippen molar-refractivity contribution < 1.29 is 46.4 Å². The SMILES string of the molecule is CC(C)OC1O[C@H](CO)[C@H](O)[C@H](O)[C@H]1NS(=O)(=O)C(F)(F)F. The van der Waals surface area contributed by atoms with Crippen molar-refractivity contribution in [2.24, 2.45) is 0 Å². The van der Waals surface area contributed by atoms with Gasteiger partial charge in [-0.05, 0) is 13.8 Å². The van der Waals surface area contributed by atoms with Gasteiger partial charge >= 0.3 is 15.5 Å². The van der Waals surface area contributed by atoms with Crippen molar-refractivity contribution in [3.8, 4) is 0 Å². The third-order valence-electron chi connectivity index (χ3n) is 2.88. The summed E-state index contributed by atoms with van der Waals surface area (Å²) in [6, 6.07) is -1.90. The van der Waals surface area contributed by atoms with Crippen molar-refractivity contribution >= 4 is 10.0 Å². The minimum Gasteiger partial charge on any atom is -0.394 e. The zero-order chi connectivity index (χ0) is 17.3. The van der Waals surface area contributed by atoms with Gasteiger partial charge in [-0.25, -0.2) is 8.42 Å². The summed E-state index contributed by atoms with van der Waals surface area (Å²) in [6.45, 7) is 2.27. The molecule has 0 bridgehead atoms. The fourth-order valence-electron chi connectivity index (χ4n) is 1.84. The predicted molar refractivity (Wildman–Crippen MR) is 65.9 cm³/mol. The predicted octanol–water partition coefficient (Wildman–Crippen LogP) is -1.34. The van der Waals surface area contributed by atoms with Crippen LogP contribution >= 0.6 is 0 Å². The molecule has 0 aromatic heterocycles. The molecule has 1 fully saturated rings. The maximum absolute atomic E-state index is 12.4. The molecule has 0 aromatic carbocycles. The monoisotopic (exact) mass is 353 g/mol. The van der Waals surface area contributed by atoms with Crippen LogP contribution in [0.15, 0.2) is 0 Å². The van der Waals surface area contributed by atoms with Crippen molar-refractivity contribution in [1.82, 2.24) is 4.72 Å². The Labute approximate surface area is 124 Å². The summed E-state index contributed by atoms with van der Waals surface area (Å²) >= 11 is 0. The average Bonchev–Trinajstić information content (AvgIpc) is 2.36. The number of rotatable bonds is 5. The fourth-order valence-corrected chi connectivity index (χ4v) is 2.58. The Bertz CT molecular complexity index is 470. The van der Waals surface area contributed by atoms with Gasteiger partial charge in [0.2, 0.25) is 0 Å². The van der Waals surface area contributed by atoms with Gasteiger partial charge in [0.15, 0.2) is 6.29 Å². The van der Waals surface area contributed by atoms with Crippen LogP contribution in [0.4, 0.5) is 13.2 Å². The van der Waals surface area contributed by atoms with E-state index in [2.05, 4.69) is 0 Å². The summed E-state index contributed by atoms with van der Waals surface area (Å²) in [5.41, 5.74) is -5.60. The van der Waals surface area contributed by atoms with Crippen LogP contribution in [-0.4, -0.2) is 72.6 Å². The minimum atomic E-state index is -5.79. The van der Waals surface area contributed by atoms with Crippen molar-refractivity contribution in [1.29, 1.82) is 0 Å². The lowest BCUT2D eigenvalue weighted by Crippen LogP contribution is -2.65. The van der Waals surface area contributed by atoms with Gasteiger partial charge < -0.3 is 24.8 Å². The lowest BCUT2D eigenvalue weighted by molar-refractivity contribution is -0.276. The van der Waals surface area contributed by atoms with Crippen molar-refractivity contribution in [3.63, 3.8) is 0 Å². The molecule has 0 aromatic rings. The molecule has 0 amide bonds. The quantitative estimate of drug-likeness (QED) is 0.482. The van der Waals surface area contributed by atoms with E-state index in [1.807, 2.05) is 0 Å². The Morgan fingerprint density at radius 1 is 1.27 bits per heavy atom. The smallest absolute Gasteiger partial charge is 0.394 e. The van der Waals surface area contributed by atoms with Gasteiger partial charge in [0.05, 0.1) is 12.7 Å². The van der Waals surface area contributed by atoms with Gasteiger partial charge in [-0.15, -0.1) is 0 Å². The van der Waals surface area contributed by atoms with Crippen LogP contribution < -0.4 is 4.72 Å². The minimum absolute atomic E-state index is 0.579. The second-order valence-corrected chi connectivity index (χ2v) is 6.69. The summed E-state index contributed by atoms with van der Waals surface area (Å²) in [7, 11) is -5.79. The number of nitrogens with one attached hydrogen (secondary N) is 1. The topological polar surface area (TPSA) is 125 Å². The molecule has 132 valence electrons. The fraction of sp³-hybridized carbons (Fsp3) is 1.00. The standard InChI is InChI=1S/C10H18F3NO7S/c1-4(2)20-9-6(14-22(18,19)10(11,12)13)8(17)7(16)5(3-15)21-9/h4-9,14-17H,3H2,1-2H3/t5-,6-,7+,8-,9?/m1/s1. The number of hydrogen-bond donors (Lipinski definition) is 4. The van der Waals surface area contributed by atoms with E-state index in [1.54, 1.807) is 0 Å². The maximum Gasteiger partial charge on any atom is 0.511 e. The van der Waals surface area contributed by atoms with Crippen LogP contribution in [0.5, 0.6) is 0 Å². The second-order valence-electron chi connectivity index (χ2n) is 4.98. The van der Waals surface area contributed by atoms with Gasteiger partial charge in [0, 0.05) is 0 Å². The van der Waals surface area contributed by atoms with Crippen molar-refractivity contribution in [3.05, 3.63) is 0 Å². The normalized spacial score (nSPS) is 34.1. The van der Waals surface area contributed by atoms with Crippen LogP contribution in [0.3, 0.4) is 0 Å². The van der Waals surface area contributed by atoms with Gasteiger partial charge in [0.25, 0.3) is 0 Å². The number of halogens is 3. The molecular formula is C10H18F3NO7S. The first-order chi connectivity index (χ1) is 9.90. The number of alkyl halides is 3. The third-order valence-corrected chi connectivity index (χ3v) is 4.07. The van der Waals surface area contributed by atoms with E-state index < -0.39 is 58.9 Å². The first kappa shape index (κ1) is 19.5. The highest BCUT2D eigenvalue weighted by Crippen LogP contribution is 2.27. The number of hydrogen-bond acceptors (Lipinski definition) is 7. The molecule has 0 aliphatic carbocycles. The highest BCUT2D eigenvalue weighted by Gasteiger charge is 2.52. The maximum atomic E-state index is 12.4. The molecular weight excluding hydrogens is 335 g/mol. The molecule has 1 aliphatic rings. The molecule has 1 unspecified atom stereocenters. The third kappa shape index (κ3) is 4.28. The van der Waals surface area contributed by atoms with Gasteiger partial charge in [0.1, 0.15) is 24.4 Å². The summed E-state index contributed by atoms with van der Waals surface area (Å²) in [6.07, 6.45) is -7.28. The largest absolute Gasteiger partial charge is 0.511 e. The molecule has 5 atom stereocenters. The van der Waals surface area contributed by atoms with Gasteiger partial charge in [-0.2, -0.15) is 17.9 Å². The Morgan fingerprint density at radius 3 is 2.23 bits per heavy atom. The zero-order valence-electron chi connectivity index (χ0n) is 11.7. The molecule has 1 aliphatic heterocycles. The lowest BCUT2D eigenvalue weighted by atomic mass is 9.98. The molecule has 0 spiro atoms. The summed E-state index contributed by atoms with van der Waals surface area (Å²) in [5, 5.41) is 28.5. The summed E-state index contributed by atoms with van der Waals surface area (Å²) in [4.78, 5) is 0. The van der Waals surface area contributed by atoms with Gasteiger partial charge in [-0.1, -0.05) is 0 Å². The highest BCUT2D eigenvalue weighted by atomic mass is 32.2. The number of aliphatic hydroxyl groups is 3. The highest BCUT2D eigenvalue weighted by molar-refractivity contribution is 7.90. The average molecular weight is 353 g/mol. The van der Waals surface area contributed by atoms with E-state index in [1.165, 1.54) is 18.6 Å². The zero-order valence-corrected chi connectivity index (χ0v) is 12.5. The van der Waals surface area contributed by atoms with E-state index >= 15 is 0 Å². The Hall–Kier alpha value is -0.500. The molecule has 1 heterocycles. The molecule has 12 heteroatoms. The van der Waals surface area contributed by atoms with E-state index in [4.69, 9.17) is 14.6 Å². The van der Waals surface area contributed by atoms with E-state index in [9.17, 15) is 31.8 Å². The van der Waals surface area contributed by atoms with Crippen molar-refractivity contribution in [2.75, 3.05) is 6.61 Å². The number of aliphatic hydroxyl groups excluding tert-OH is 3. The van der Waals surface area contributed by atoms with Crippen LogP contribution in [0.25, 0.3) is 0 Å². The van der Waals surface area contributed by atoms with Crippen LogP contribution in [0, 0.1) is 0 Å². The first-order valence-electron chi connectivity index (χ1n) is 6.27. The van der Waals surface area contributed by atoms with Crippen LogP contribution in [0.1, 0.15) is 13.8 Å². The van der Waals surface area contributed by atoms with E-state index in [0.717, 1.165) is 0 Å². The molecule has 0 radical (unpaired) electrons. The van der Waals surface area contributed by atoms with E-state index in [0.29, 0.717) is 0 Å². The molecule has 8 nitrogen and oxygen atoms in total. The molecule has 1 saturated heterocycles. The second kappa shape index (κ2) is 6.95. The van der Waals surface area contributed by atoms with Gasteiger partial charge in [-0.3, -0.25) is 0 Å². The van der Waals surface area contributed by atoms with Crippen molar-refractivity contribution in [2.45, 2.75) is 56.1 Å². The molecule has 1 rings (SSSR count). The molecule has 4 N–H and O–H groups in total. The van der Waals surface area contributed by atoms with Crippen LogP contribution in [-0.2, 0) is 19.5 Å². The van der Waals surface area contributed by atoms with E-state index in [-0.39, 0.29) is 0 Å². The molecule has 22 heavy (non-hydrogen) atoms. The first-order valence-corrected chi connectivity index (χ1v) is 7.75. The number of ether oxygens (including phenoxy) is 2. The molecule has 0 saturated carbocycles. The Balaban J connectivity index is 3.05. The summed E-state index contributed by atoms with van der Waals surface area (Å²) < 4.78 is 71.0. The Morgan fingerprint density at radius 2 is 1.82 bits per heavy atom. The lowest BCUT2D eigenvalue weighted by Gasteiger charge is -2.42. The summed E-state index contributed by atoms with van der Waals surface area (Å²) in [5.74, 6) is 0.